The van der Waals surface area contributed by atoms with E-state index in [1.165, 1.54) is 0 Å². The molecule has 2 atom stereocenters. The molecule has 1 heterocycles. The van der Waals surface area contributed by atoms with E-state index in [2.05, 4.69) is 10.1 Å². The zero-order chi connectivity index (χ0) is 14.8. The van der Waals surface area contributed by atoms with Gasteiger partial charge in [0.1, 0.15) is 0 Å². The maximum absolute atomic E-state index is 11.0. The van der Waals surface area contributed by atoms with Crippen LogP contribution in [0.15, 0.2) is 28.8 Å². The van der Waals surface area contributed by atoms with Crippen LogP contribution in [0.25, 0.3) is 0 Å². The number of carbonyl (C=O) groups is 1. The van der Waals surface area contributed by atoms with Gasteiger partial charge in [-0.25, -0.2) is 0 Å². The lowest BCUT2D eigenvalue weighted by atomic mass is 10.1. The summed E-state index contributed by atoms with van der Waals surface area (Å²) in [7, 11) is 0. The van der Waals surface area contributed by atoms with Crippen LogP contribution in [0.4, 0.5) is 0 Å². The van der Waals surface area contributed by atoms with Crippen molar-refractivity contribution in [2.45, 2.75) is 31.6 Å². The molecule has 1 aliphatic rings. The molecule has 1 fully saturated rings. The summed E-state index contributed by atoms with van der Waals surface area (Å²) in [6, 6.07) is 7.50. The average molecular weight is 307 g/mol. The normalized spacial score (nSPS) is 21.6. The minimum atomic E-state index is -0.738. The van der Waals surface area contributed by atoms with E-state index < -0.39 is 5.97 Å². The van der Waals surface area contributed by atoms with Crippen molar-refractivity contribution in [2.75, 3.05) is 0 Å². The number of aliphatic carboxylic acids is 1. The molecule has 1 aromatic heterocycles. The third-order valence-electron chi connectivity index (χ3n) is 3.89. The molecule has 5 nitrogen and oxygen atoms in total. The molecule has 2 unspecified atom stereocenters. The molecule has 0 aliphatic heterocycles. The van der Waals surface area contributed by atoms with Crippen molar-refractivity contribution in [3.63, 3.8) is 0 Å². The number of benzene rings is 1. The first kappa shape index (κ1) is 14.1. The van der Waals surface area contributed by atoms with Crippen LogP contribution in [0.1, 0.15) is 42.5 Å². The summed E-state index contributed by atoms with van der Waals surface area (Å²) >= 11 is 5.85. The van der Waals surface area contributed by atoms with E-state index in [0.29, 0.717) is 36.0 Å². The second kappa shape index (κ2) is 5.85. The van der Waals surface area contributed by atoms with Crippen LogP contribution in [-0.2, 0) is 11.2 Å². The highest BCUT2D eigenvalue weighted by atomic mass is 35.5. The van der Waals surface area contributed by atoms with Crippen LogP contribution in [0.5, 0.6) is 0 Å². The monoisotopic (exact) mass is 306 g/mol. The SMILES string of the molecule is O=C(O)C1CCC(c2nc(Cc3ccc(Cl)cc3)no2)C1. The summed E-state index contributed by atoms with van der Waals surface area (Å²) in [5, 5.41) is 13.7. The van der Waals surface area contributed by atoms with E-state index in [4.69, 9.17) is 21.2 Å². The third-order valence-corrected chi connectivity index (χ3v) is 4.14. The molecule has 0 spiro atoms. The smallest absolute Gasteiger partial charge is 0.306 e. The Morgan fingerprint density at radius 2 is 2.10 bits per heavy atom. The van der Waals surface area contributed by atoms with Gasteiger partial charge in [-0.3, -0.25) is 4.79 Å². The van der Waals surface area contributed by atoms with Crippen molar-refractivity contribution in [1.82, 2.24) is 10.1 Å². The van der Waals surface area contributed by atoms with Gasteiger partial charge in [-0.15, -0.1) is 0 Å². The number of hydrogen-bond donors (Lipinski definition) is 1. The molecule has 6 heteroatoms. The van der Waals surface area contributed by atoms with Gasteiger partial charge in [0.2, 0.25) is 5.89 Å². The Bertz CT molecular complexity index is 639. The van der Waals surface area contributed by atoms with Crippen molar-refractivity contribution in [1.29, 1.82) is 0 Å². The van der Waals surface area contributed by atoms with Gasteiger partial charge < -0.3 is 9.63 Å². The number of carboxylic acids is 1. The molecular weight excluding hydrogens is 292 g/mol. The minimum Gasteiger partial charge on any atom is -0.481 e. The lowest BCUT2D eigenvalue weighted by molar-refractivity contribution is -0.141. The summed E-state index contributed by atoms with van der Waals surface area (Å²) in [6.45, 7) is 0. The zero-order valence-corrected chi connectivity index (χ0v) is 12.1. The topological polar surface area (TPSA) is 76.2 Å². The molecule has 1 aromatic carbocycles. The number of nitrogens with zero attached hydrogens (tertiary/aromatic N) is 2. The van der Waals surface area contributed by atoms with Gasteiger partial charge in [0.15, 0.2) is 5.82 Å². The summed E-state index contributed by atoms with van der Waals surface area (Å²) in [6.07, 6.45) is 2.63. The maximum atomic E-state index is 11.0. The van der Waals surface area contributed by atoms with Crippen LogP contribution in [0.3, 0.4) is 0 Å². The predicted octanol–water partition coefficient (Wildman–Crippen LogP) is 3.28. The van der Waals surface area contributed by atoms with E-state index in [1.54, 1.807) is 0 Å². The maximum Gasteiger partial charge on any atom is 0.306 e. The van der Waals surface area contributed by atoms with E-state index in [0.717, 1.165) is 12.0 Å². The van der Waals surface area contributed by atoms with Crippen LogP contribution in [-0.4, -0.2) is 21.2 Å². The van der Waals surface area contributed by atoms with Gasteiger partial charge in [0.05, 0.1) is 5.92 Å². The van der Waals surface area contributed by atoms with Crippen molar-refractivity contribution >= 4 is 17.6 Å². The number of hydrogen-bond acceptors (Lipinski definition) is 4. The van der Waals surface area contributed by atoms with E-state index in [-0.39, 0.29) is 11.8 Å². The van der Waals surface area contributed by atoms with Crippen molar-refractivity contribution < 1.29 is 14.4 Å². The molecule has 0 amide bonds. The van der Waals surface area contributed by atoms with Gasteiger partial charge in [-0.2, -0.15) is 4.98 Å². The first-order chi connectivity index (χ1) is 10.1. The Morgan fingerprint density at radius 1 is 1.33 bits per heavy atom. The second-order valence-corrected chi connectivity index (χ2v) is 5.83. The lowest BCUT2D eigenvalue weighted by Gasteiger charge is -2.02. The highest BCUT2D eigenvalue weighted by Crippen LogP contribution is 2.37. The predicted molar refractivity (Wildman–Crippen MR) is 76.3 cm³/mol. The number of rotatable bonds is 4. The van der Waals surface area contributed by atoms with Gasteiger partial charge in [0.25, 0.3) is 0 Å². The van der Waals surface area contributed by atoms with Crippen LogP contribution >= 0.6 is 11.6 Å². The molecule has 21 heavy (non-hydrogen) atoms. The van der Waals surface area contributed by atoms with Crippen LogP contribution < -0.4 is 0 Å². The van der Waals surface area contributed by atoms with E-state index in [9.17, 15) is 4.79 Å². The van der Waals surface area contributed by atoms with E-state index in [1.807, 2.05) is 24.3 Å². The molecule has 0 radical (unpaired) electrons. The van der Waals surface area contributed by atoms with Crippen LogP contribution in [0, 0.1) is 5.92 Å². The summed E-state index contributed by atoms with van der Waals surface area (Å²) in [5.74, 6) is 0.214. The number of halogens is 1. The Morgan fingerprint density at radius 3 is 2.76 bits per heavy atom. The highest BCUT2D eigenvalue weighted by molar-refractivity contribution is 6.30. The average Bonchev–Trinajstić information content (AvgIpc) is 3.10. The molecule has 0 bridgehead atoms. The minimum absolute atomic E-state index is 0.0672. The van der Waals surface area contributed by atoms with E-state index >= 15 is 0 Å². The van der Waals surface area contributed by atoms with Gasteiger partial charge in [-0.05, 0) is 37.0 Å². The Balaban J connectivity index is 1.66. The molecule has 3 rings (SSSR count). The van der Waals surface area contributed by atoms with Gasteiger partial charge in [-0.1, -0.05) is 28.9 Å². The fourth-order valence-electron chi connectivity index (χ4n) is 2.72. The molecule has 0 saturated heterocycles. The zero-order valence-electron chi connectivity index (χ0n) is 11.3. The van der Waals surface area contributed by atoms with Crippen LogP contribution in [0.2, 0.25) is 5.02 Å². The lowest BCUT2D eigenvalue weighted by Crippen LogP contribution is -2.09. The summed E-state index contributed by atoms with van der Waals surface area (Å²) in [4.78, 5) is 15.4. The molecule has 110 valence electrons. The third kappa shape index (κ3) is 3.24. The molecule has 1 N–H and O–H groups in total. The first-order valence-corrected chi connectivity index (χ1v) is 7.29. The number of carboxylic acid groups (broad SMARTS) is 1. The largest absolute Gasteiger partial charge is 0.481 e. The van der Waals surface area contributed by atoms with Crippen molar-refractivity contribution in [3.05, 3.63) is 46.6 Å². The molecule has 2 aromatic rings. The first-order valence-electron chi connectivity index (χ1n) is 6.91. The molecule has 1 saturated carbocycles. The van der Waals surface area contributed by atoms with Crippen molar-refractivity contribution in [2.24, 2.45) is 5.92 Å². The second-order valence-electron chi connectivity index (χ2n) is 5.40. The fraction of sp³-hybridized carbons (Fsp3) is 0.400. The van der Waals surface area contributed by atoms with Gasteiger partial charge >= 0.3 is 5.97 Å². The van der Waals surface area contributed by atoms with Gasteiger partial charge in [0, 0.05) is 17.4 Å². The standard InChI is InChI=1S/C15H15ClN2O3/c16-12-5-1-9(2-6-12)7-13-17-14(21-18-13)10-3-4-11(8-10)15(19)20/h1-2,5-6,10-11H,3-4,7-8H2,(H,19,20). The molecular formula is C15H15ClN2O3. The van der Waals surface area contributed by atoms with Crippen molar-refractivity contribution in [3.8, 4) is 0 Å². The number of aromatic nitrogens is 2. The molecule has 1 aliphatic carbocycles. The highest BCUT2D eigenvalue weighted by Gasteiger charge is 2.33. The Labute approximate surface area is 126 Å². The Kier molecular flexibility index (Phi) is 3.92. The Hall–Kier alpha value is -1.88. The quantitative estimate of drug-likeness (QED) is 0.938. The summed E-state index contributed by atoms with van der Waals surface area (Å²) in [5.41, 5.74) is 1.06. The summed E-state index contributed by atoms with van der Waals surface area (Å²) < 4.78 is 5.29. The fourth-order valence-corrected chi connectivity index (χ4v) is 2.85.